The van der Waals surface area contributed by atoms with Crippen molar-refractivity contribution < 1.29 is 9.29 Å². The number of anilines is 2. The van der Waals surface area contributed by atoms with Gasteiger partial charge in [0.25, 0.3) is 0 Å². The Morgan fingerprint density at radius 2 is 2.22 bits per heavy atom. The monoisotopic (exact) mass is 466 g/mol. The summed E-state index contributed by atoms with van der Waals surface area (Å²) in [5.74, 6) is 1.46. The Balaban J connectivity index is 1.55. The quantitative estimate of drug-likeness (QED) is 0.440. The van der Waals surface area contributed by atoms with Crippen molar-refractivity contribution in [3.8, 4) is 28.3 Å². The summed E-state index contributed by atoms with van der Waals surface area (Å²) >= 11 is 0.326. The van der Waals surface area contributed by atoms with Gasteiger partial charge in [0.15, 0.2) is 11.6 Å². The summed E-state index contributed by atoms with van der Waals surface area (Å²) in [6.07, 6.45) is 6.67. The van der Waals surface area contributed by atoms with Crippen LogP contribution < -0.4 is 15.8 Å². The number of ether oxygens (including phenoxy) is 1. The van der Waals surface area contributed by atoms with Gasteiger partial charge in [-0.3, -0.25) is 4.68 Å². The molecule has 3 N–H and O–H groups in total. The second kappa shape index (κ2) is 7.65. The third-order valence-electron chi connectivity index (χ3n) is 6.10. The molecule has 0 spiro atoms. The number of fused-ring (bicyclic) bond motifs is 2. The van der Waals surface area contributed by atoms with E-state index in [-0.39, 0.29) is 5.25 Å². The van der Waals surface area contributed by atoms with Crippen molar-refractivity contribution in [3.05, 3.63) is 30.6 Å². The lowest BCUT2D eigenvalue weighted by molar-refractivity contribution is 0.321. The maximum atomic E-state index is 13.2. The van der Waals surface area contributed by atoms with Crippen LogP contribution in [0.5, 0.6) is 5.75 Å². The number of aryl methyl sites for hydroxylation is 1. The molecule has 8 nitrogen and oxygen atoms in total. The summed E-state index contributed by atoms with van der Waals surface area (Å²) in [6, 6.07) is 5.93. The highest BCUT2D eigenvalue weighted by molar-refractivity contribution is 7.94. The van der Waals surface area contributed by atoms with Gasteiger partial charge in [0.2, 0.25) is 4.21 Å². The number of nitrogens with two attached hydrogens (primary N) is 1. The molecule has 0 aromatic carbocycles. The molecule has 5 heterocycles. The molecule has 164 valence electrons. The zero-order valence-corrected chi connectivity index (χ0v) is 19.1. The summed E-state index contributed by atoms with van der Waals surface area (Å²) in [5.41, 5.74) is 10.6. The van der Waals surface area contributed by atoms with E-state index in [2.05, 4.69) is 15.4 Å². The lowest BCUT2D eigenvalue weighted by Crippen LogP contribution is -2.28. The van der Waals surface area contributed by atoms with Crippen LogP contribution in [0.15, 0.2) is 34.8 Å². The second-order valence-electron chi connectivity index (χ2n) is 8.07. The largest absolute Gasteiger partial charge is 0.611 e. The molecule has 1 atom stereocenters. The number of aromatic nitrogens is 4. The smallest absolute Gasteiger partial charge is 0.232 e. The molecule has 4 aromatic heterocycles. The number of pyridine rings is 2. The number of rotatable bonds is 4. The molecule has 1 aliphatic heterocycles. The van der Waals surface area contributed by atoms with Crippen molar-refractivity contribution in [2.45, 2.75) is 28.7 Å². The van der Waals surface area contributed by atoms with E-state index in [0.29, 0.717) is 12.3 Å². The van der Waals surface area contributed by atoms with Crippen LogP contribution in [0.2, 0.25) is 0 Å². The summed E-state index contributed by atoms with van der Waals surface area (Å²) in [6.45, 7) is 1.34. The second-order valence-corrected chi connectivity index (χ2v) is 11.0. The molecule has 1 fully saturated rings. The van der Waals surface area contributed by atoms with E-state index in [1.165, 1.54) is 11.3 Å². The fourth-order valence-electron chi connectivity index (χ4n) is 4.13. The first kappa shape index (κ1) is 19.8. The molecule has 0 radical (unpaired) electrons. The van der Waals surface area contributed by atoms with Gasteiger partial charge >= 0.3 is 0 Å². The van der Waals surface area contributed by atoms with E-state index in [9.17, 15) is 4.55 Å². The topological polar surface area (TPSA) is 114 Å². The Labute approximate surface area is 192 Å². The van der Waals surface area contributed by atoms with E-state index in [1.807, 2.05) is 29.9 Å². The molecule has 1 aliphatic carbocycles. The fraction of sp³-hybridized carbons (Fsp3) is 0.318. The van der Waals surface area contributed by atoms with Crippen LogP contribution in [-0.2, 0) is 18.2 Å². The Kier molecular flexibility index (Phi) is 4.74. The van der Waals surface area contributed by atoms with Crippen LogP contribution in [0.3, 0.4) is 0 Å². The standard InChI is InChI=1S/C22H22N6O2S2/c1-28-16(5-6-26-28)14-10-15(12-9-17-20(25-11-12)24-7-8-30-17)27-21-18(14)19(23)22(31-21)32(29)13-3-2-4-13/h5-6,9-11,13H,2-4,7-8,23H2,1H3,(H,24,25). The average molecular weight is 467 g/mol. The fourth-order valence-corrected chi connectivity index (χ4v) is 7.34. The molecule has 0 bridgehead atoms. The van der Waals surface area contributed by atoms with Crippen molar-refractivity contribution >= 4 is 44.2 Å². The minimum Gasteiger partial charge on any atom is -0.611 e. The maximum Gasteiger partial charge on any atom is 0.232 e. The SMILES string of the molecule is Cn1nccc1-c1cc(-c2cnc3c(c2)OCCN3)nc2sc([S+]([O-])C3CCC3)c(N)c12. The average Bonchev–Trinajstić information content (AvgIpc) is 3.34. The molecule has 0 saturated heterocycles. The first-order valence-corrected chi connectivity index (χ1v) is 12.6. The predicted octanol–water partition coefficient (Wildman–Crippen LogP) is 3.81. The van der Waals surface area contributed by atoms with Crippen molar-refractivity contribution in [3.63, 3.8) is 0 Å². The van der Waals surface area contributed by atoms with Crippen LogP contribution >= 0.6 is 11.3 Å². The molecule has 6 rings (SSSR count). The van der Waals surface area contributed by atoms with Gasteiger partial charge in [-0.2, -0.15) is 5.10 Å². The van der Waals surface area contributed by atoms with Crippen LogP contribution in [0, 0.1) is 0 Å². The predicted molar refractivity (Wildman–Crippen MR) is 127 cm³/mol. The van der Waals surface area contributed by atoms with Gasteiger partial charge in [-0.1, -0.05) is 11.3 Å². The Morgan fingerprint density at radius 1 is 1.34 bits per heavy atom. The maximum absolute atomic E-state index is 13.2. The zero-order chi connectivity index (χ0) is 21.8. The van der Waals surface area contributed by atoms with Crippen molar-refractivity contribution in [2.24, 2.45) is 7.05 Å². The third-order valence-corrected chi connectivity index (χ3v) is 9.40. The van der Waals surface area contributed by atoms with Crippen molar-refractivity contribution in [2.75, 3.05) is 24.2 Å². The van der Waals surface area contributed by atoms with Gasteiger partial charge in [-0.05, 0) is 37.5 Å². The van der Waals surface area contributed by atoms with E-state index < -0.39 is 11.2 Å². The lowest BCUT2D eigenvalue weighted by Gasteiger charge is -2.27. The number of hydrogen-bond donors (Lipinski definition) is 2. The molecule has 10 heteroatoms. The number of nitrogens with zero attached hydrogens (tertiary/aromatic N) is 4. The number of thiophene rings is 1. The molecule has 2 aliphatic rings. The third kappa shape index (κ3) is 3.13. The molecule has 32 heavy (non-hydrogen) atoms. The molecule has 1 saturated carbocycles. The minimum atomic E-state index is -1.11. The van der Waals surface area contributed by atoms with E-state index in [0.717, 1.165) is 74.3 Å². The number of nitrogen functional groups attached to an aromatic ring is 1. The highest BCUT2D eigenvalue weighted by atomic mass is 32.2. The summed E-state index contributed by atoms with van der Waals surface area (Å²) < 4.78 is 21.5. The first-order chi connectivity index (χ1) is 15.6. The zero-order valence-electron chi connectivity index (χ0n) is 17.5. The van der Waals surface area contributed by atoms with Crippen LogP contribution in [0.25, 0.3) is 32.7 Å². The highest BCUT2D eigenvalue weighted by Crippen LogP contribution is 2.46. The van der Waals surface area contributed by atoms with Crippen molar-refractivity contribution in [1.29, 1.82) is 0 Å². The van der Waals surface area contributed by atoms with Gasteiger partial charge in [-0.25, -0.2) is 9.97 Å². The number of nitrogens with one attached hydrogen (secondary N) is 1. The van der Waals surface area contributed by atoms with Gasteiger partial charge in [0, 0.05) is 47.1 Å². The molecular weight excluding hydrogens is 444 g/mol. The van der Waals surface area contributed by atoms with Crippen LogP contribution in [0.4, 0.5) is 11.5 Å². The van der Waals surface area contributed by atoms with E-state index in [4.69, 9.17) is 15.5 Å². The summed E-state index contributed by atoms with van der Waals surface area (Å²) in [7, 11) is 1.90. The first-order valence-electron chi connectivity index (χ1n) is 10.6. The number of hydrogen-bond acceptors (Lipinski definition) is 8. The molecule has 0 amide bonds. The van der Waals surface area contributed by atoms with Crippen molar-refractivity contribution in [1.82, 2.24) is 19.7 Å². The normalized spacial score (nSPS) is 16.8. The Hall–Kier alpha value is -2.82. The van der Waals surface area contributed by atoms with Gasteiger partial charge in [-0.15, -0.1) is 0 Å². The summed E-state index contributed by atoms with van der Waals surface area (Å²) in [5, 5.41) is 8.62. The van der Waals surface area contributed by atoms with Crippen LogP contribution in [0.1, 0.15) is 19.3 Å². The molecule has 4 aromatic rings. The summed E-state index contributed by atoms with van der Waals surface area (Å²) in [4.78, 5) is 10.2. The molecular formula is C22H22N6O2S2. The Bertz CT molecular complexity index is 1330. The highest BCUT2D eigenvalue weighted by Gasteiger charge is 2.35. The van der Waals surface area contributed by atoms with E-state index in [1.54, 1.807) is 12.4 Å². The van der Waals surface area contributed by atoms with E-state index >= 15 is 0 Å². The Morgan fingerprint density at radius 3 is 2.97 bits per heavy atom. The lowest BCUT2D eigenvalue weighted by atomic mass is 10.00. The molecule has 1 unspecified atom stereocenters. The van der Waals surface area contributed by atoms with Gasteiger partial charge in [0.05, 0.1) is 17.9 Å². The van der Waals surface area contributed by atoms with Gasteiger partial charge in [0.1, 0.15) is 22.4 Å². The minimum absolute atomic E-state index is 0.194. The van der Waals surface area contributed by atoms with Crippen LogP contribution in [-0.4, -0.2) is 42.7 Å². The van der Waals surface area contributed by atoms with Gasteiger partial charge < -0.3 is 20.3 Å².